The molecule has 0 aliphatic carbocycles. The van der Waals surface area contributed by atoms with E-state index in [1.807, 2.05) is 116 Å². The van der Waals surface area contributed by atoms with Crippen LogP contribution in [0.3, 0.4) is 0 Å². The third-order valence-electron chi connectivity index (χ3n) is 11.9. The van der Waals surface area contributed by atoms with Gasteiger partial charge in [0, 0.05) is 49.4 Å². The molecule has 12 aromatic rings. The Morgan fingerprint density at radius 1 is 0.297 bits per heavy atom. The van der Waals surface area contributed by atoms with Gasteiger partial charge in [-0.25, -0.2) is 34.9 Å². The molecule has 0 unspecified atom stereocenters. The molecule has 0 saturated heterocycles. The number of aryl methyl sites for hydroxylation is 2. The Bertz CT molecular complexity index is 3490. The molecule has 0 N–H and O–H groups in total. The van der Waals surface area contributed by atoms with E-state index in [-0.39, 0.29) is 0 Å². The van der Waals surface area contributed by atoms with Crippen LogP contribution in [0.15, 0.2) is 189 Å². The molecular weight excluding hydrogens is 787 g/mol. The topological polar surface area (TPSA) is 100 Å². The SMILES string of the molecule is Cc1ccc2c(c1)c1cc(-c3nc(-c4ccccc4)nc(-c4ccc5c(c4)c4cc(C)ccc4n5-c4cnc(-c5ccccc5)nc4)n3)ccc1n2-c1cnc(-c2ccccc2)nc1. The minimum Gasteiger partial charge on any atom is -0.306 e. The third-order valence-corrected chi connectivity index (χ3v) is 11.9. The lowest BCUT2D eigenvalue weighted by atomic mass is 10.1. The van der Waals surface area contributed by atoms with E-state index < -0.39 is 0 Å². The zero-order chi connectivity index (χ0) is 42.7. The Labute approximate surface area is 368 Å². The third kappa shape index (κ3) is 6.37. The van der Waals surface area contributed by atoms with Crippen molar-refractivity contribution >= 4 is 43.6 Å². The van der Waals surface area contributed by atoms with E-state index >= 15 is 0 Å². The van der Waals surface area contributed by atoms with Crippen LogP contribution in [0, 0.1) is 13.8 Å². The summed E-state index contributed by atoms with van der Waals surface area (Å²) in [5.41, 5.74) is 13.0. The van der Waals surface area contributed by atoms with Gasteiger partial charge in [-0.1, -0.05) is 114 Å². The molecule has 0 spiro atoms. The first-order valence-electron chi connectivity index (χ1n) is 21.2. The fourth-order valence-corrected chi connectivity index (χ4v) is 8.81. The van der Waals surface area contributed by atoms with E-state index in [1.165, 1.54) is 11.1 Å². The molecule has 5 aromatic heterocycles. The predicted molar refractivity (Wildman–Crippen MR) is 256 cm³/mol. The van der Waals surface area contributed by atoms with E-state index in [0.29, 0.717) is 29.1 Å². The lowest BCUT2D eigenvalue weighted by molar-refractivity contribution is 1.07. The van der Waals surface area contributed by atoms with Crippen LogP contribution in [0.25, 0.3) is 112 Å². The van der Waals surface area contributed by atoms with Gasteiger partial charge in [0.25, 0.3) is 0 Å². The molecule has 0 bridgehead atoms. The summed E-state index contributed by atoms with van der Waals surface area (Å²) in [6.07, 6.45) is 7.60. The highest BCUT2D eigenvalue weighted by molar-refractivity contribution is 6.11. The van der Waals surface area contributed by atoms with E-state index in [1.54, 1.807) is 0 Å². The second-order valence-electron chi connectivity index (χ2n) is 16.1. The van der Waals surface area contributed by atoms with Gasteiger partial charge in [-0.15, -0.1) is 0 Å². The predicted octanol–water partition coefficient (Wildman–Crippen LogP) is 12.6. The van der Waals surface area contributed by atoms with E-state index in [2.05, 4.69) is 95.8 Å². The molecule has 9 heteroatoms. The summed E-state index contributed by atoms with van der Waals surface area (Å²) >= 11 is 0. The van der Waals surface area contributed by atoms with Gasteiger partial charge in [-0.05, 0) is 74.5 Å². The molecule has 0 fully saturated rings. The highest BCUT2D eigenvalue weighted by Gasteiger charge is 2.20. The van der Waals surface area contributed by atoms with Crippen molar-refractivity contribution in [1.82, 2.24) is 44.0 Å². The molecule has 12 rings (SSSR count). The highest BCUT2D eigenvalue weighted by Crippen LogP contribution is 2.38. The van der Waals surface area contributed by atoms with Crippen molar-refractivity contribution in [2.45, 2.75) is 13.8 Å². The summed E-state index contributed by atoms with van der Waals surface area (Å²) in [5.74, 6) is 3.15. The van der Waals surface area contributed by atoms with Crippen molar-refractivity contribution in [3.05, 3.63) is 200 Å². The Kier molecular flexibility index (Phi) is 8.72. The van der Waals surface area contributed by atoms with Gasteiger partial charge < -0.3 is 9.13 Å². The van der Waals surface area contributed by atoms with Crippen molar-refractivity contribution in [1.29, 1.82) is 0 Å². The maximum atomic E-state index is 5.24. The second kappa shape index (κ2) is 15.0. The quantitative estimate of drug-likeness (QED) is 0.158. The number of fused-ring (bicyclic) bond motifs is 6. The van der Waals surface area contributed by atoms with Crippen LogP contribution in [0.5, 0.6) is 0 Å². The minimum absolute atomic E-state index is 0.587. The molecule has 9 nitrogen and oxygen atoms in total. The lowest BCUT2D eigenvalue weighted by Gasteiger charge is -2.10. The van der Waals surface area contributed by atoms with Crippen LogP contribution in [0.4, 0.5) is 0 Å². The number of rotatable bonds is 7. The Hall–Kier alpha value is -8.69. The maximum absolute atomic E-state index is 5.24. The van der Waals surface area contributed by atoms with Crippen molar-refractivity contribution in [2.24, 2.45) is 0 Å². The molecule has 0 aliphatic heterocycles. The van der Waals surface area contributed by atoms with Gasteiger partial charge in [0.05, 0.1) is 58.2 Å². The summed E-state index contributed by atoms with van der Waals surface area (Å²) in [6, 6.07) is 56.2. The molecule has 64 heavy (non-hydrogen) atoms. The van der Waals surface area contributed by atoms with Crippen LogP contribution in [0.2, 0.25) is 0 Å². The number of benzene rings is 7. The van der Waals surface area contributed by atoms with Gasteiger partial charge >= 0.3 is 0 Å². The normalized spacial score (nSPS) is 11.6. The average molecular weight is 824 g/mol. The van der Waals surface area contributed by atoms with Crippen LogP contribution in [-0.4, -0.2) is 44.0 Å². The van der Waals surface area contributed by atoms with E-state index in [4.69, 9.17) is 34.9 Å². The van der Waals surface area contributed by atoms with Crippen LogP contribution in [0.1, 0.15) is 11.1 Å². The van der Waals surface area contributed by atoms with Crippen LogP contribution in [-0.2, 0) is 0 Å². The van der Waals surface area contributed by atoms with Gasteiger partial charge in [0.1, 0.15) is 0 Å². The molecule has 302 valence electrons. The van der Waals surface area contributed by atoms with Crippen molar-refractivity contribution < 1.29 is 0 Å². The summed E-state index contributed by atoms with van der Waals surface area (Å²) in [4.78, 5) is 34.6. The lowest BCUT2D eigenvalue weighted by Crippen LogP contribution is -2.01. The van der Waals surface area contributed by atoms with Crippen LogP contribution < -0.4 is 0 Å². The minimum atomic E-state index is 0.587. The standard InChI is InChI=1S/C55H37N9/c1-34-18-22-47-43(26-34)45-28-39(20-24-49(45)63(47)41-30-56-51(57-31-41)36-12-6-3-7-13-36)54-60-53(38-16-10-5-11-17-38)61-55(62-54)40-21-25-50-46(29-40)44-27-35(2)19-23-48(44)64(50)42-32-58-52(59-33-42)37-14-8-4-9-15-37/h3-33H,1-2H3. The fraction of sp³-hybridized carbons (Fsp3) is 0.0364. The average Bonchev–Trinajstić information content (AvgIpc) is 3.85. The zero-order valence-corrected chi connectivity index (χ0v) is 34.9. The van der Waals surface area contributed by atoms with Crippen LogP contribution >= 0.6 is 0 Å². The van der Waals surface area contributed by atoms with Gasteiger partial charge in [0.2, 0.25) is 0 Å². The first-order valence-corrected chi connectivity index (χ1v) is 21.2. The maximum Gasteiger partial charge on any atom is 0.164 e. The Balaban J connectivity index is 1.000. The first kappa shape index (κ1) is 37.1. The molecule has 5 heterocycles. The smallest absolute Gasteiger partial charge is 0.164 e. The number of hydrogen-bond acceptors (Lipinski definition) is 7. The molecule has 0 atom stereocenters. The summed E-state index contributed by atoms with van der Waals surface area (Å²) in [6.45, 7) is 4.25. The molecule has 0 saturated carbocycles. The Morgan fingerprint density at radius 2 is 0.609 bits per heavy atom. The second-order valence-corrected chi connectivity index (χ2v) is 16.1. The molecule has 0 aliphatic rings. The molecule has 0 amide bonds. The van der Waals surface area contributed by atoms with E-state index in [9.17, 15) is 0 Å². The Morgan fingerprint density at radius 3 is 0.984 bits per heavy atom. The first-order chi connectivity index (χ1) is 31.5. The van der Waals surface area contributed by atoms with Crippen molar-refractivity contribution in [2.75, 3.05) is 0 Å². The van der Waals surface area contributed by atoms with Gasteiger partial charge in [-0.2, -0.15) is 0 Å². The molecule has 0 radical (unpaired) electrons. The molecular formula is C55H37N9. The number of nitrogens with zero attached hydrogens (tertiary/aromatic N) is 9. The summed E-state index contributed by atoms with van der Waals surface area (Å²) in [5, 5.41) is 4.41. The zero-order valence-electron chi connectivity index (χ0n) is 34.9. The summed E-state index contributed by atoms with van der Waals surface area (Å²) < 4.78 is 4.46. The number of hydrogen-bond donors (Lipinski definition) is 0. The fourth-order valence-electron chi connectivity index (χ4n) is 8.81. The summed E-state index contributed by atoms with van der Waals surface area (Å²) in [7, 11) is 0. The van der Waals surface area contributed by atoms with Crippen molar-refractivity contribution in [3.63, 3.8) is 0 Å². The largest absolute Gasteiger partial charge is 0.306 e. The monoisotopic (exact) mass is 823 g/mol. The van der Waals surface area contributed by atoms with Gasteiger partial charge in [0.15, 0.2) is 29.1 Å². The van der Waals surface area contributed by atoms with Gasteiger partial charge in [-0.3, -0.25) is 0 Å². The highest BCUT2D eigenvalue weighted by atomic mass is 15.1. The van der Waals surface area contributed by atoms with E-state index in [0.717, 1.165) is 82.8 Å². The number of aromatic nitrogens is 9. The molecule has 7 aromatic carbocycles. The van der Waals surface area contributed by atoms with Crippen molar-refractivity contribution in [3.8, 4) is 68.3 Å².